The lowest BCUT2D eigenvalue weighted by Crippen LogP contribution is -2.41. The van der Waals surface area contributed by atoms with Gasteiger partial charge in [-0.25, -0.2) is 4.98 Å². The maximum atomic E-state index is 12.7. The molecule has 24 heavy (non-hydrogen) atoms. The van der Waals surface area contributed by atoms with Crippen LogP contribution in [0.15, 0.2) is 34.2 Å². The monoisotopic (exact) mass is 347 g/mol. The number of hydrogen-bond acceptors (Lipinski definition) is 4. The van der Waals surface area contributed by atoms with Crippen LogP contribution in [0.25, 0.3) is 10.9 Å². The summed E-state index contributed by atoms with van der Waals surface area (Å²) in [5, 5.41) is 4.16. The topological polar surface area (TPSA) is 64.0 Å². The summed E-state index contributed by atoms with van der Waals surface area (Å²) >= 11 is 1.32. The second kappa shape index (κ2) is 7.83. The molecular weight excluding hydrogens is 322 g/mol. The van der Waals surface area contributed by atoms with Crippen LogP contribution < -0.4 is 10.9 Å². The first-order valence-electron chi connectivity index (χ1n) is 8.25. The van der Waals surface area contributed by atoms with Crippen molar-refractivity contribution in [2.24, 2.45) is 0 Å². The lowest BCUT2D eigenvalue weighted by atomic mass is 10.1. The summed E-state index contributed by atoms with van der Waals surface area (Å²) in [6.45, 7) is 8.54. The molecule has 0 aliphatic heterocycles. The van der Waals surface area contributed by atoms with Crippen LogP contribution in [0.3, 0.4) is 0 Å². The average molecular weight is 347 g/mol. The molecule has 6 heteroatoms. The Morgan fingerprint density at radius 3 is 2.67 bits per heavy atom. The van der Waals surface area contributed by atoms with E-state index in [2.05, 4.69) is 17.2 Å². The summed E-state index contributed by atoms with van der Waals surface area (Å²) in [6.07, 6.45) is 1.90. The number of carbonyl (C=O) groups is 1. The van der Waals surface area contributed by atoms with Crippen LogP contribution in [0.2, 0.25) is 0 Å². The molecule has 1 aromatic carbocycles. The molecule has 1 N–H and O–H groups in total. The Balaban J connectivity index is 2.30. The molecule has 1 aromatic heterocycles. The third-order valence-electron chi connectivity index (χ3n) is 3.41. The Bertz CT molecular complexity index is 778. The molecule has 0 aliphatic carbocycles. The molecule has 2 rings (SSSR count). The molecule has 0 bridgehead atoms. The highest BCUT2D eigenvalue weighted by atomic mass is 32.2. The van der Waals surface area contributed by atoms with Gasteiger partial charge in [0.25, 0.3) is 5.56 Å². The quantitative estimate of drug-likeness (QED) is 0.644. The van der Waals surface area contributed by atoms with Crippen LogP contribution in [0, 0.1) is 0 Å². The third kappa shape index (κ3) is 4.84. The van der Waals surface area contributed by atoms with Crippen molar-refractivity contribution in [3.63, 3.8) is 0 Å². The number of amides is 1. The van der Waals surface area contributed by atoms with E-state index in [0.29, 0.717) is 22.6 Å². The molecule has 0 spiro atoms. The van der Waals surface area contributed by atoms with Crippen LogP contribution >= 0.6 is 11.8 Å². The molecule has 0 fully saturated rings. The van der Waals surface area contributed by atoms with Gasteiger partial charge in [0.2, 0.25) is 5.91 Å². The van der Waals surface area contributed by atoms with Crippen molar-refractivity contribution in [2.75, 3.05) is 5.75 Å². The Hall–Kier alpha value is -1.82. The SMILES string of the molecule is CCCCn1c(SCC(=O)NC(C)(C)C)nc2ccccc2c1=O. The van der Waals surface area contributed by atoms with Crippen molar-refractivity contribution >= 4 is 28.6 Å². The molecule has 0 unspecified atom stereocenters. The van der Waals surface area contributed by atoms with E-state index in [9.17, 15) is 9.59 Å². The number of unbranched alkanes of at least 4 members (excludes halogenated alkanes) is 1. The van der Waals surface area contributed by atoms with Crippen LogP contribution in [0.1, 0.15) is 40.5 Å². The van der Waals surface area contributed by atoms with Crippen LogP contribution in [0.5, 0.6) is 0 Å². The molecule has 1 heterocycles. The highest BCUT2D eigenvalue weighted by Crippen LogP contribution is 2.18. The first-order valence-corrected chi connectivity index (χ1v) is 9.24. The predicted molar refractivity (Wildman–Crippen MR) is 99.5 cm³/mol. The van der Waals surface area contributed by atoms with Gasteiger partial charge in [-0.05, 0) is 39.3 Å². The molecule has 0 aliphatic rings. The van der Waals surface area contributed by atoms with Gasteiger partial charge >= 0.3 is 0 Å². The fourth-order valence-corrected chi connectivity index (χ4v) is 3.18. The van der Waals surface area contributed by atoms with E-state index in [1.807, 2.05) is 39.0 Å². The van der Waals surface area contributed by atoms with Gasteiger partial charge in [0.05, 0.1) is 16.7 Å². The van der Waals surface area contributed by atoms with Crippen molar-refractivity contribution in [3.8, 4) is 0 Å². The molecule has 1 amide bonds. The zero-order valence-electron chi connectivity index (χ0n) is 14.8. The number of fused-ring (bicyclic) bond motifs is 1. The van der Waals surface area contributed by atoms with Gasteiger partial charge < -0.3 is 5.32 Å². The van der Waals surface area contributed by atoms with Crippen LogP contribution in [-0.2, 0) is 11.3 Å². The molecule has 0 saturated heterocycles. The summed E-state index contributed by atoms with van der Waals surface area (Å²) in [5.74, 6) is 0.186. The average Bonchev–Trinajstić information content (AvgIpc) is 2.50. The summed E-state index contributed by atoms with van der Waals surface area (Å²) in [6, 6.07) is 7.35. The van der Waals surface area contributed by atoms with E-state index < -0.39 is 0 Å². The number of hydrogen-bond donors (Lipinski definition) is 1. The predicted octanol–water partition coefficient (Wildman–Crippen LogP) is 3.20. The van der Waals surface area contributed by atoms with Gasteiger partial charge in [-0.2, -0.15) is 0 Å². The normalized spacial score (nSPS) is 11.7. The zero-order valence-corrected chi connectivity index (χ0v) is 15.6. The summed E-state index contributed by atoms with van der Waals surface area (Å²) in [7, 11) is 0. The molecule has 130 valence electrons. The fourth-order valence-electron chi connectivity index (χ4n) is 2.36. The highest BCUT2D eigenvalue weighted by Gasteiger charge is 2.16. The van der Waals surface area contributed by atoms with E-state index in [1.165, 1.54) is 11.8 Å². The van der Waals surface area contributed by atoms with Gasteiger partial charge in [0.15, 0.2) is 5.16 Å². The number of nitrogens with one attached hydrogen (secondary N) is 1. The number of benzene rings is 1. The van der Waals surface area contributed by atoms with Gasteiger partial charge in [-0.15, -0.1) is 0 Å². The lowest BCUT2D eigenvalue weighted by Gasteiger charge is -2.20. The molecule has 5 nitrogen and oxygen atoms in total. The zero-order chi connectivity index (χ0) is 17.7. The van der Waals surface area contributed by atoms with Gasteiger partial charge in [0.1, 0.15) is 0 Å². The van der Waals surface area contributed by atoms with E-state index in [1.54, 1.807) is 10.6 Å². The lowest BCUT2D eigenvalue weighted by molar-refractivity contribution is -0.119. The number of thioether (sulfide) groups is 1. The van der Waals surface area contributed by atoms with Crippen molar-refractivity contribution < 1.29 is 4.79 Å². The third-order valence-corrected chi connectivity index (χ3v) is 4.39. The van der Waals surface area contributed by atoms with Gasteiger partial charge in [-0.1, -0.05) is 37.2 Å². The standard InChI is InChI=1S/C18H25N3O2S/c1-5-6-11-21-16(23)13-9-7-8-10-14(13)19-17(21)24-12-15(22)20-18(2,3)4/h7-10H,5-6,11-12H2,1-4H3,(H,20,22). The second-order valence-electron chi connectivity index (χ2n) is 6.81. The van der Waals surface area contributed by atoms with Crippen molar-refractivity contribution in [3.05, 3.63) is 34.6 Å². The van der Waals surface area contributed by atoms with Crippen LogP contribution in [0.4, 0.5) is 0 Å². The Morgan fingerprint density at radius 1 is 1.29 bits per heavy atom. The maximum absolute atomic E-state index is 12.7. The second-order valence-corrected chi connectivity index (χ2v) is 7.75. The molecule has 0 atom stereocenters. The minimum absolute atomic E-state index is 0.0345. The number of para-hydroxylation sites is 1. The van der Waals surface area contributed by atoms with Crippen LogP contribution in [-0.4, -0.2) is 26.8 Å². The van der Waals surface area contributed by atoms with E-state index in [0.717, 1.165) is 12.8 Å². The Kier molecular flexibility index (Phi) is 6.04. The Labute approximate surface area is 146 Å². The maximum Gasteiger partial charge on any atom is 0.262 e. The Morgan fingerprint density at radius 2 is 2.00 bits per heavy atom. The van der Waals surface area contributed by atoms with Crippen molar-refractivity contribution in [1.82, 2.24) is 14.9 Å². The minimum atomic E-state index is -0.268. The summed E-state index contributed by atoms with van der Waals surface area (Å²) in [5.41, 5.74) is 0.373. The molecule has 0 radical (unpaired) electrons. The first kappa shape index (κ1) is 18.5. The minimum Gasteiger partial charge on any atom is -0.351 e. The number of nitrogens with zero attached hydrogens (tertiary/aromatic N) is 2. The molecule has 0 saturated carbocycles. The number of rotatable bonds is 6. The molecular formula is C18H25N3O2S. The largest absolute Gasteiger partial charge is 0.351 e. The first-order chi connectivity index (χ1) is 11.3. The van der Waals surface area contributed by atoms with E-state index in [-0.39, 0.29) is 22.8 Å². The van der Waals surface area contributed by atoms with E-state index >= 15 is 0 Å². The van der Waals surface area contributed by atoms with Crippen molar-refractivity contribution in [1.29, 1.82) is 0 Å². The van der Waals surface area contributed by atoms with Gasteiger partial charge in [-0.3, -0.25) is 14.2 Å². The highest BCUT2D eigenvalue weighted by molar-refractivity contribution is 7.99. The number of aromatic nitrogens is 2. The molecule has 2 aromatic rings. The van der Waals surface area contributed by atoms with E-state index in [4.69, 9.17) is 0 Å². The summed E-state index contributed by atoms with van der Waals surface area (Å²) < 4.78 is 1.70. The smallest absolute Gasteiger partial charge is 0.262 e. The number of carbonyl (C=O) groups excluding carboxylic acids is 1. The van der Waals surface area contributed by atoms with Crippen molar-refractivity contribution in [2.45, 2.75) is 57.8 Å². The fraction of sp³-hybridized carbons (Fsp3) is 0.500. The summed E-state index contributed by atoms with van der Waals surface area (Å²) in [4.78, 5) is 29.4. The van der Waals surface area contributed by atoms with Gasteiger partial charge in [0, 0.05) is 12.1 Å².